The summed E-state index contributed by atoms with van der Waals surface area (Å²) in [4.78, 5) is 14.2. The second-order valence-electron chi connectivity index (χ2n) is 6.95. The van der Waals surface area contributed by atoms with Crippen molar-refractivity contribution in [3.05, 3.63) is 17.0 Å². The van der Waals surface area contributed by atoms with Gasteiger partial charge in [0.1, 0.15) is 5.76 Å². The summed E-state index contributed by atoms with van der Waals surface area (Å²) in [6.07, 6.45) is 3.78. The Morgan fingerprint density at radius 1 is 1.43 bits per heavy atom. The maximum absolute atomic E-state index is 12.3. The lowest BCUT2D eigenvalue weighted by Crippen LogP contribution is -2.54. The number of amides is 1. The van der Waals surface area contributed by atoms with E-state index in [9.17, 15) is 9.90 Å². The van der Waals surface area contributed by atoms with E-state index < -0.39 is 5.60 Å². The molecule has 7 heteroatoms. The summed E-state index contributed by atoms with van der Waals surface area (Å²) < 4.78 is 11.0. The first-order valence-corrected chi connectivity index (χ1v) is 8.51. The monoisotopic (exact) mass is 342 g/mol. The fourth-order valence-corrected chi connectivity index (χ4v) is 3.76. The molecule has 2 fully saturated rings. The summed E-state index contributed by atoms with van der Waals surface area (Å²) in [6, 6.07) is 1.64. The van der Waals surface area contributed by atoms with Crippen molar-refractivity contribution in [1.29, 1.82) is 0 Å². The van der Waals surface area contributed by atoms with E-state index in [1.807, 2.05) is 11.8 Å². The summed E-state index contributed by atoms with van der Waals surface area (Å²) >= 11 is 5.70. The lowest BCUT2D eigenvalue weighted by molar-refractivity contribution is -0.175. The maximum Gasteiger partial charge on any atom is 0.223 e. The number of piperidine rings is 1. The largest absolute Gasteiger partial charge is 0.390 e. The number of halogens is 1. The number of carbonyl (C=O) groups excluding carboxylic acids is 1. The predicted octanol–water partition coefficient (Wildman–Crippen LogP) is 2.18. The van der Waals surface area contributed by atoms with Crippen LogP contribution in [0.4, 0.5) is 0 Å². The molecule has 0 aromatic carbocycles. The smallest absolute Gasteiger partial charge is 0.223 e. The van der Waals surface area contributed by atoms with Crippen LogP contribution in [0.1, 0.15) is 44.8 Å². The molecule has 1 aromatic rings. The Morgan fingerprint density at radius 3 is 2.78 bits per heavy atom. The molecule has 3 rings (SSSR count). The highest BCUT2D eigenvalue weighted by molar-refractivity contribution is 6.29. The molecule has 1 atom stereocenters. The van der Waals surface area contributed by atoms with Crippen LogP contribution in [0.3, 0.4) is 0 Å². The molecule has 2 aliphatic heterocycles. The molecular weight excluding hydrogens is 320 g/mol. The summed E-state index contributed by atoms with van der Waals surface area (Å²) in [7, 11) is 0. The average molecular weight is 343 g/mol. The molecule has 0 bridgehead atoms. The van der Waals surface area contributed by atoms with Crippen LogP contribution in [0.15, 0.2) is 10.6 Å². The van der Waals surface area contributed by atoms with Gasteiger partial charge in [0.05, 0.1) is 17.8 Å². The predicted molar refractivity (Wildman–Crippen MR) is 84.2 cm³/mol. The van der Waals surface area contributed by atoms with Gasteiger partial charge >= 0.3 is 0 Å². The zero-order valence-corrected chi connectivity index (χ0v) is 14.1. The van der Waals surface area contributed by atoms with Gasteiger partial charge in [-0.25, -0.2) is 0 Å². The van der Waals surface area contributed by atoms with Crippen LogP contribution < -0.4 is 0 Å². The third-order valence-electron chi connectivity index (χ3n) is 4.89. The molecule has 128 valence electrons. The van der Waals surface area contributed by atoms with E-state index in [2.05, 4.69) is 5.16 Å². The van der Waals surface area contributed by atoms with Gasteiger partial charge in [-0.15, -0.1) is 0 Å². The standard InChI is InChI=1S/C16H23ClN2O4/c1-15(21)6-9-22-16(11-15)4-7-19(8-5-16)14(20)3-2-12-10-13(17)18-23-12/h10,21H,2-9,11H2,1H3. The van der Waals surface area contributed by atoms with Gasteiger partial charge in [0.2, 0.25) is 5.91 Å². The molecule has 2 saturated heterocycles. The highest BCUT2D eigenvalue weighted by Crippen LogP contribution is 2.39. The number of rotatable bonds is 3. The van der Waals surface area contributed by atoms with Crippen LogP contribution in [-0.4, -0.2) is 52.0 Å². The lowest BCUT2D eigenvalue weighted by Gasteiger charge is -2.48. The van der Waals surface area contributed by atoms with Crippen LogP contribution in [0, 0.1) is 0 Å². The summed E-state index contributed by atoms with van der Waals surface area (Å²) in [5, 5.41) is 14.2. The van der Waals surface area contributed by atoms with Crippen molar-refractivity contribution in [3.8, 4) is 0 Å². The number of hydrogen-bond acceptors (Lipinski definition) is 5. The minimum Gasteiger partial charge on any atom is -0.390 e. The van der Waals surface area contributed by atoms with E-state index >= 15 is 0 Å². The minimum atomic E-state index is -0.657. The molecule has 1 amide bonds. The van der Waals surface area contributed by atoms with Crippen LogP contribution in [0.25, 0.3) is 0 Å². The van der Waals surface area contributed by atoms with E-state index in [1.54, 1.807) is 6.07 Å². The molecule has 0 saturated carbocycles. The zero-order valence-electron chi connectivity index (χ0n) is 13.4. The van der Waals surface area contributed by atoms with Crippen molar-refractivity contribution < 1.29 is 19.2 Å². The molecule has 6 nitrogen and oxygen atoms in total. The van der Waals surface area contributed by atoms with E-state index in [0.29, 0.717) is 56.3 Å². The van der Waals surface area contributed by atoms with Crippen molar-refractivity contribution in [2.45, 2.75) is 56.7 Å². The fraction of sp³-hybridized carbons (Fsp3) is 0.750. The zero-order chi connectivity index (χ0) is 16.5. The van der Waals surface area contributed by atoms with Crippen LogP contribution in [-0.2, 0) is 16.0 Å². The molecular formula is C16H23ClN2O4. The molecule has 2 aliphatic rings. The number of aromatic nitrogens is 1. The first kappa shape index (κ1) is 16.7. The van der Waals surface area contributed by atoms with Gasteiger partial charge in [0, 0.05) is 38.4 Å². The Hall–Kier alpha value is -1.11. The summed E-state index contributed by atoms with van der Waals surface area (Å²) in [5.74, 6) is 0.735. The van der Waals surface area contributed by atoms with Gasteiger partial charge in [-0.05, 0) is 26.2 Å². The van der Waals surface area contributed by atoms with Crippen molar-refractivity contribution in [2.24, 2.45) is 0 Å². The lowest BCUT2D eigenvalue weighted by atomic mass is 9.78. The minimum absolute atomic E-state index is 0.106. The second-order valence-corrected chi connectivity index (χ2v) is 7.34. The van der Waals surface area contributed by atoms with Gasteiger partial charge in [0.25, 0.3) is 0 Å². The maximum atomic E-state index is 12.3. The van der Waals surface area contributed by atoms with Gasteiger partial charge in [-0.2, -0.15) is 0 Å². The molecule has 3 heterocycles. The fourth-order valence-electron chi connectivity index (χ4n) is 3.60. The Labute approximate surface area is 140 Å². The number of aryl methyl sites for hydroxylation is 1. The Morgan fingerprint density at radius 2 is 2.17 bits per heavy atom. The summed E-state index contributed by atoms with van der Waals surface area (Å²) in [6.45, 7) is 3.81. The van der Waals surface area contributed by atoms with Crippen molar-refractivity contribution >= 4 is 17.5 Å². The van der Waals surface area contributed by atoms with E-state index in [4.69, 9.17) is 20.9 Å². The highest BCUT2D eigenvalue weighted by atomic mass is 35.5. The molecule has 0 aliphatic carbocycles. The van der Waals surface area contributed by atoms with Crippen LogP contribution in [0.5, 0.6) is 0 Å². The topological polar surface area (TPSA) is 75.8 Å². The number of carbonyl (C=O) groups is 1. The molecule has 23 heavy (non-hydrogen) atoms. The Kier molecular flexibility index (Phi) is 4.67. The molecule has 1 unspecified atom stereocenters. The van der Waals surface area contributed by atoms with E-state index in [0.717, 1.165) is 12.8 Å². The number of ether oxygens (including phenoxy) is 1. The molecule has 1 spiro atoms. The Bertz CT molecular complexity index is 564. The average Bonchev–Trinajstić information content (AvgIpc) is 2.90. The first-order chi connectivity index (χ1) is 10.9. The molecule has 1 aromatic heterocycles. The Balaban J connectivity index is 1.49. The second kappa shape index (κ2) is 6.42. The van der Waals surface area contributed by atoms with Crippen molar-refractivity contribution in [3.63, 3.8) is 0 Å². The van der Waals surface area contributed by atoms with Crippen LogP contribution >= 0.6 is 11.6 Å². The molecule has 1 N–H and O–H groups in total. The number of nitrogens with zero attached hydrogens (tertiary/aromatic N) is 2. The highest BCUT2D eigenvalue weighted by Gasteiger charge is 2.44. The van der Waals surface area contributed by atoms with E-state index in [-0.39, 0.29) is 11.5 Å². The number of likely N-dealkylation sites (tertiary alicyclic amines) is 1. The van der Waals surface area contributed by atoms with Crippen molar-refractivity contribution in [1.82, 2.24) is 10.1 Å². The third-order valence-corrected chi connectivity index (χ3v) is 5.07. The number of hydrogen-bond donors (Lipinski definition) is 1. The quantitative estimate of drug-likeness (QED) is 0.911. The van der Waals surface area contributed by atoms with Gasteiger partial charge in [-0.1, -0.05) is 16.8 Å². The first-order valence-electron chi connectivity index (χ1n) is 8.13. The third kappa shape index (κ3) is 4.05. The van der Waals surface area contributed by atoms with Crippen LogP contribution in [0.2, 0.25) is 5.15 Å². The van der Waals surface area contributed by atoms with Gasteiger partial charge in [-0.3, -0.25) is 4.79 Å². The molecule has 0 radical (unpaired) electrons. The summed E-state index contributed by atoms with van der Waals surface area (Å²) in [5.41, 5.74) is -0.924. The van der Waals surface area contributed by atoms with Crippen molar-refractivity contribution in [2.75, 3.05) is 19.7 Å². The number of aliphatic hydroxyl groups is 1. The van der Waals surface area contributed by atoms with Gasteiger partial charge < -0.3 is 19.3 Å². The van der Waals surface area contributed by atoms with Gasteiger partial charge in [0.15, 0.2) is 5.15 Å². The normalized spacial score (nSPS) is 27.3. The van der Waals surface area contributed by atoms with E-state index in [1.165, 1.54) is 0 Å². The SMILES string of the molecule is CC1(O)CCOC2(CCN(C(=O)CCc3cc(Cl)no3)CC2)C1.